The largest absolute Gasteiger partial charge is 0.490 e. The van der Waals surface area contributed by atoms with E-state index in [-0.39, 0.29) is 6.10 Å². The van der Waals surface area contributed by atoms with Crippen molar-refractivity contribution in [1.29, 1.82) is 0 Å². The Kier molecular flexibility index (Phi) is 5.57. The molecule has 3 N–H and O–H groups in total. The maximum atomic E-state index is 6.26. The summed E-state index contributed by atoms with van der Waals surface area (Å²) in [5.74, 6) is 2.02. The van der Waals surface area contributed by atoms with E-state index >= 15 is 0 Å². The van der Waals surface area contributed by atoms with Gasteiger partial charge in [-0.15, -0.1) is 0 Å². The first-order chi connectivity index (χ1) is 15.2. The molecule has 0 radical (unpaired) electrons. The molecule has 0 aliphatic carbocycles. The highest BCUT2D eigenvalue weighted by Crippen LogP contribution is 2.40. The van der Waals surface area contributed by atoms with Crippen molar-refractivity contribution in [3.8, 4) is 11.5 Å². The normalized spacial score (nSPS) is 19.1. The standard InChI is InChI=1S/C23H27N5O2S/c1-27-11-13-28(14-12-27)17-8-6-16(7-9-17)25-23-26-22(24)21(31-23)20-10-15-29-18-4-2-3-5-19(18)30-20/h2-9,20H,10-15,24H2,1H3,(H,25,26). The van der Waals surface area contributed by atoms with E-state index < -0.39 is 0 Å². The van der Waals surface area contributed by atoms with Gasteiger partial charge in [-0.2, -0.15) is 0 Å². The van der Waals surface area contributed by atoms with Crippen molar-refractivity contribution in [3.05, 3.63) is 53.4 Å². The summed E-state index contributed by atoms with van der Waals surface area (Å²) in [6.45, 7) is 4.89. The van der Waals surface area contributed by atoms with Gasteiger partial charge in [-0.05, 0) is 43.4 Å². The van der Waals surface area contributed by atoms with Crippen LogP contribution in [-0.4, -0.2) is 49.7 Å². The van der Waals surface area contributed by atoms with E-state index in [2.05, 4.69) is 51.4 Å². The van der Waals surface area contributed by atoms with Crippen LogP contribution in [0.4, 0.5) is 22.3 Å². The smallest absolute Gasteiger partial charge is 0.189 e. The monoisotopic (exact) mass is 437 g/mol. The Morgan fingerprint density at radius 3 is 2.55 bits per heavy atom. The summed E-state index contributed by atoms with van der Waals surface area (Å²) >= 11 is 1.53. The number of piperazine rings is 1. The first-order valence-corrected chi connectivity index (χ1v) is 11.4. The first-order valence-electron chi connectivity index (χ1n) is 10.6. The fraction of sp³-hybridized carbons (Fsp3) is 0.348. The number of hydrogen-bond acceptors (Lipinski definition) is 8. The van der Waals surface area contributed by atoms with Crippen LogP contribution in [0, 0.1) is 0 Å². The topological polar surface area (TPSA) is 75.9 Å². The summed E-state index contributed by atoms with van der Waals surface area (Å²) in [4.78, 5) is 10.2. The minimum absolute atomic E-state index is 0.170. The van der Waals surface area contributed by atoms with Gasteiger partial charge in [0, 0.05) is 44.0 Å². The molecule has 2 aliphatic heterocycles. The van der Waals surface area contributed by atoms with Gasteiger partial charge in [0.15, 0.2) is 16.6 Å². The molecular weight excluding hydrogens is 410 g/mol. The predicted octanol–water partition coefficient (Wildman–Crippen LogP) is 4.12. The van der Waals surface area contributed by atoms with Crippen LogP contribution in [0.2, 0.25) is 0 Å². The second-order valence-electron chi connectivity index (χ2n) is 7.92. The predicted molar refractivity (Wildman–Crippen MR) is 126 cm³/mol. The molecule has 0 saturated carbocycles. The van der Waals surface area contributed by atoms with E-state index in [0.717, 1.165) is 59.8 Å². The van der Waals surface area contributed by atoms with E-state index in [4.69, 9.17) is 15.2 Å². The van der Waals surface area contributed by atoms with Crippen LogP contribution in [0.15, 0.2) is 48.5 Å². The van der Waals surface area contributed by atoms with Gasteiger partial charge in [0.05, 0.1) is 11.5 Å². The Bertz CT molecular complexity index is 1030. The van der Waals surface area contributed by atoms with Gasteiger partial charge in [-0.1, -0.05) is 23.5 Å². The first kappa shape index (κ1) is 20.0. The van der Waals surface area contributed by atoms with Crippen LogP contribution in [0.5, 0.6) is 11.5 Å². The van der Waals surface area contributed by atoms with Crippen molar-refractivity contribution in [2.45, 2.75) is 12.5 Å². The molecule has 5 rings (SSSR count). The highest BCUT2D eigenvalue weighted by Gasteiger charge is 2.25. The summed E-state index contributed by atoms with van der Waals surface area (Å²) in [5.41, 5.74) is 8.50. The Morgan fingerprint density at radius 2 is 1.77 bits per heavy atom. The number of para-hydroxylation sites is 2. The third-order valence-corrected chi connectivity index (χ3v) is 6.80. The molecule has 1 saturated heterocycles. The number of ether oxygens (including phenoxy) is 2. The lowest BCUT2D eigenvalue weighted by molar-refractivity contribution is 0.199. The number of nitrogens with zero attached hydrogens (tertiary/aromatic N) is 3. The Balaban J connectivity index is 1.28. The molecule has 2 aliphatic rings. The van der Waals surface area contributed by atoms with Gasteiger partial charge in [0.1, 0.15) is 11.9 Å². The molecule has 8 heteroatoms. The number of thiazole rings is 1. The van der Waals surface area contributed by atoms with Crippen LogP contribution in [0.1, 0.15) is 17.4 Å². The fourth-order valence-corrected chi connectivity index (χ4v) is 4.88. The Labute approximate surface area is 186 Å². The number of hydrogen-bond donors (Lipinski definition) is 2. The quantitative estimate of drug-likeness (QED) is 0.636. The molecule has 1 atom stereocenters. The fourth-order valence-electron chi connectivity index (χ4n) is 3.91. The van der Waals surface area contributed by atoms with Crippen molar-refractivity contribution >= 4 is 33.7 Å². The summed E-state index contributed by atoms with van der Waals surface area (Å²) in [6.07, 6.45) is 0.552. The Morgan fingerprint density at radius 1 is 1.03 bits per heavy atom. The molecule has 31 heavy (non-hydrogen) atoms. The van der Waals surface area contributed by atoms with Gasteiger partial charge in [0.2, 0.25) is 0 Å². The highest BCUT2D eigenvalue weighted by molar-refractivity contribution is 7.16. The minimum Gasteiger partial charge on any atom is -0.490 e. The molecule has 0 spiro atoms. The van der Waals surface area contributed by atoms with Gasteiger partial charge < -0.3 is 30.3 Å². The molecule has 162 valence electrons. The van der Waals surface area contributed by atoms with Crippen LogP contribution in [-0.2, 0) is 0 Å². The number of aromatic nitrogens is 1. The lowest BCUT2D eigenvalue weighted by atomic mass is 10.2. The number of fused-ring (bicyclic) bond motifs is 1. The third kappa shape index (κ3) is 4.40. The molecule has 7 nitrogen and oxygen atoms in total. The molecule has 1 unspecified atom stereocenters. The molecule has 2 aromatic carbocycles. The average molecular weight is 438 g/mol. The van der Waals surface area contributed by atoms with Crippen molar-refractivity contribution in [3.63, 3.8) is 0 Å². The van der Waals surface area contributed by atoms with Crippen LogP contribution in [0.3, 0.4) is 0 Å². The van der Waals surface area contributed by atoms with Crippen LogP contribution >= 0.6 is 11.3 Å². The van der Waals surface area contributed by atoms with Crippen molar-refractivity contribution in [1.82, 2.24) is 9.88 Å². The Hall–Kier alpha value is -2.97. The molecule has 1 aromatic heterocycles. The molecule has 1 fully saturated rings. The lowest BCUT2D eigenvalue weighted by Gasteiger charge is -2.34. The lowest BCUT2D eigenvalue weighted by Crippen LogP contribution is -2.44. The van der Waals surface area contributed by atoms with Crippen molar-refractivity contribution < 1.29 is 9.47 Å². The molecule has 3 heterocycles. The van der Waals surface area contributed by atoms with E-state index in [9.17, 15) is 0 Å². The average Bonchev–Trinajstić information content (AvgIpc) is 3.01. The second-order valence-corrected chi connectivity index (χ2v) is 8.95. The van der Waals surface area contributed by atoms with E-state index in [1.165, 1.54) is 17.0 Å². The van der Waals surface area contributed by atoms with Gasteiger partial charge in [0.25, 0.3) is 0 Å². The SMILES string of the molecule is CN1CCN(c2ccc(Nc3nc(N)c(C4CCOc5ccccc5O4)s3)cc2)CC1. The molecule has 3 aromatic rings. The molecule has 0 amide bonds. The summed E-state index contributed by atoms with van der Waals surface area (Å²) < 4.78 is 12.0. The van der Waals surface area contributed by atoms with E-state index in [1.54, 1.807) is 0 Å². The number of benzene rings is 2. The highest BCUT2D eigenvalue weighted by atomic mass is 32.1. The van der Waals surface area contributed by atoms with Gasteiger partial charge in [-0.25, -0.2) is 4.98 Å². The van der Waals surface area contributed by atoms with Gasteiger partial charge >= 0.3 is 0 Å². The molecule has 0 bridgehead atoms. The number of anilines is 4. The zero-order valence-electron chi connectivity index (χ0n) is 17.6. The summed E-state index contributed by atoms with van der Waals surface area (Å²) in [5, 5.41) is 4.16. The number of nitrogens with two attached hydrogens (primary N) is 1. The van der Waals surface area contributed by atoms with E-state index in [0.29, 0.717) is 12.4 Å². The zero-order valence-corrected chi connectivity index (χ0v) is 18.4. The van der Waals surface area contributed by atoms with Crippen molar-refractivity contribution in [2.75, 3.05) is 55.8 Å². The third-order valence-electron chi connectivity index (χ3n) is 5.72. The van der Waals surface area contributed by atoms with Gasteiger partial charge in [-0.3, -0.25) is 0 Å². The van der Waals surface area contributed by atoms with Crippen LogP contribution < -0.4 is 25.4 Å². The second kappa shape index (κ2) is 8.64. The number of rotatable bonds is 4. The van der Waals surface area contributed by atoms with E-state index in [1.807, 2.05) is 24.3 Å². The van der Waals surface area contributed by atoms with Crippen molar-refractivity contribution in [2.24, 2.45) is 0 Å². The summed E-state index contributed by atoms with van der Waals surface area (Å²) in [6, 6.07) is 16.2. The maximum Gasteiger partial charge on any atom is 0.189 e. The number of likely N-dealkylation sites (N-methyl/N-ethyl adjacent to an activating group) is 1. The number of nitrogen functional groups attached to an aromatic ring is 1. The number of nitrogens with one attached hydrogen (secondary N) is 1. The minimum atomic E-state index is -0.170. The molecular formula is C23H27N5O2S. The van der Waals surface area contributed by atoms with Crippen LogP contribution in [0.25, 0.3) is 0 Å². The summed E-state index contributed by atoms with van der Waals surface area (Å²) in [7, 11) is 2.17. The zero-order chi connectivity index (χ0) is 21.2. The maximum absolute atomic E-state index is 6.26.